The Morgan fingerprint density at radius 1 is 1.41 bits per heavy atom. The lowest BCUT2D eigenvalue weighted by molar-refractivity contribution is -0.135. The zero-order valence-electron chi connectivity index (χ0n) is 12.7. The minimum Gasteiger partial charge on any atom is -0.338 e. The Kier molecular flexibility index (Phi) is 7.98. The zero-order chi connectivity index (χ0) is 15.4. The molecule has 2 unspecified atom stereocenters. The SMILES string of the molecule is CC(N)C1CCCCN1C(=O)CCc1ccc(Cl)cc1Cl.Cl. The number of carbonyl (C=O) groups excluding carboxylic acids is 1. The van der Waals surface area contributed by atoms with Crippen molar-refractivity contribution in [2.75, 3.05) is 6.54 Å². The summed E-state index contributed by atoms with van der Waals surface area (Å²) in [4.78, 5) is 14.4. The first kappa shape index (κ1) is 19.6. The summed E-state index contributed by atoms with van der Waals surface area (Å²) in [7, 11) is 0. The van der Waals surface area contributed by atoms with E-state index in [1.54, 1.807) is 12.1 Å². The van der Waals surface area contributed by atoms with Crippen molar-refractivity contribution in [2.45, 2.75) is 51.1 Å². The Morgan fingerprint density at radius 3 is 2.77 bits per heavy atom. The van der Waals surface area contributed by atoms with Crippen LogP contribution in [0.3, 0.4) is 0 Å². The van der Waals surface area contributed by atoms with Gasteiger partial charge in [-0.2, -0.15) is 0 Å². The lowest BCUT2D eigenvalue weighted by atomic mass is 9.96. The highest BCUT2D eigenvalue weighted by Gasteiger charge is 2.28. The molecule has 1 heterocycles. The number of nitrogens with two attached hydrogens (primary N) is 1. The van der Waals surface area contributed by atoms with Crippen molar-refractivity contribution in [2.24, 2.45) is 5.73 Å². The van der Waals surface area contributed by atoms with Gasteiger partial charge >= 0.3 is 0 Å². The van der Waals surface area contributed by atoms with Gasteiger partial charge in [-0.1, -0.05) is 29.3 Å². The third-order valence-electron chi connectivity index (χ3n) is 4.10. The van der Waals surface area contributed by atoms with Gasteiger partial charge < -0.3 is 10.6 Å². The summed E-state index contributed by atoms with van der Waals surface area (Å²) in [5.74, 6) is 0.169. The van der Waals surface area contributed by atoms with Gasteiger partial charge in [0.1, 0.15) is 0 Å². The van der Waals surface area contributed by atoms with Gasteiger partial charge in [-0.25, -0.2) is 0 Å². The van der Waals surface area contributed by atoms with Crippen LogP contribution >= 0.6 is 35.6 Å². The van der Waals surface area contributed by atoms with Crippen LogP contribution < -0.4 is 5.73 Å². The standard InChI is InChI=1S/C16H22Cl2N2O.ClH/c1-11(19)15-4-2-3-9-20(15)16(21)8-6-12-5-7-13(17)10-14(12)18;/h5,7,10-11,15H,2-4,6,8-9,19H2,1H3;1H. The molecule has 0 bridgehead atoms. The fourth-order valence-corrected chi connectivity index (χ4v) is 3.43. The summed E-state index contributed by atoms with van der Waals surface area (Å²) >= 11 is 12.0. The molecule has 0 saturated carbocycles. The van der Waals surface area contributed by atoms with Crippen LogP contribution in [0.15, 0.2) is 18.2 Å². The summed E-state index contributed by atoms with van der Waals surface area (Å²) in [6, 6.07) is 5.60. The van der Waals surface area contributed by atoms with Gasteiger partial charge in [0.05, 0.1) is 0 Å². The highest BCUT2D eigenvalue weighted by atomic mass is 35.5. The van der Waals surface area contributed by atoms with Crippen LogP contribution in [0.2, 0.25) is 10.0 Å². The van der Waals surface area contributed by atoms with E-state index in [4.69, 9.17) is 28.9 Å². The molecule has 1 fully saturated rings. The number of carbonyl (C=O) groups is 1. The first-order valence-electron chi connectivity index (χ1n) is 7.48. The number of piperidine rings is 1. The van der Waals surface area contributed by atoms with Gasteiger partial charge in [-0.3, -0.25) is 4.79 Å². The molecule has 6 heteroatoms. The number of benzene rings is 1. The summed E-state index contributed by atoms with van der Waals surface area (Å²) in [5, 5.41) is 1.24. The predicted octanol–water partition coefficient (Wildman–Crippen LogP) is 4.08. The highest BCUT2D eigenvalue weighted by Crippen LogP contribution is 2.24. The van der Waals surface area contributed by atoms with Gasteiger partial charge in [0.15, 0.2) is 0 Å². The molecule has 124 valence electrons. The number of likely N-dealkylation sites (tertiary alicyclic amines) is 1. The minimum atomic E-state index is 0. The van der Waals surface area contributed by atoms with E-state index in [-0.39, 0.29) is 30.4 Å². The van der Waals surface area contributed by atoms with Crippen molar-refractivity contribution in [3.63, 3.8) is 0 Å². The number of amides is 1. The van der Waals surface area contributed by atoms with E-state index in [2.05, 4.69) is 0 Å². The fraction of sp³-hybridized carbons (Fsp3) is 0.562. The monoisotopic (exact) mass is 364 g/mol. The van der Waals surface area contributed by atoms with Gasteiger partial charge in [0, 0.05) is 35.1 Å². The van der Waals surface area contributed by atoms with Crippen molar-refractivity contribution in [3.05, 3.63) is 33.8 Å². The van der Waals surface area contributed by atoms with Crippen LogP contribution in [0.25, 0.3) is 0 Å². The second kappa shape index (κ2) is 8.97. The Labute approximate surface area is 148 Å². The normalized spacial score (nSPS) is 19.5. The number of aryl methyl sites for hydroxylation is 1. The number of nitrogens with zero attached hydrogens (tertiary/aromatic N) is 1. The second-order valence-electron chi connectivity index (χ2n) is 5.75. The minimum absolute atomic E-state index is 0. The van der Waals surface area contributed by atoms with Crippen LogP contribution in [-0.4, -0.2) is 29.4 Å². The molecule has 1 aromatic rings. The zero-order valence-corrected chi connectivity index (χ0v) is 15.1. The van der Waals surface area contributed by atoms with Gasteiger partial charge in [0.25, 0.3) is 0 Å². The summed E-state index contributed by atoms with van der Waals surface area (Å²) < 4.78 is 0. The molecule has 0 radical (unpaired) electrons. The second-order valence-corrected chi connectivity index (χ2v) is 6.59. The molecule has 2 atom stereocenters. The molecule has 0 aromatic heterocycles. The first-order valence-corrected chi connectivity index (χ1v) is 8.23. The van der Waals surface area contributed by atoms with Gasteiger partial charge in [0.2, 0.25) is 5.91 Å². The Morgan fingerprint density at radius 2 is 2.14 bits per heavy atom. The lowest BCUT2D eigenvalue weighted by Gasteiger charge is -2.38. The third-order valence-corrected chi connectivity index (χ3v) is 4.69. The third kappa shape index (κ3) is 5.02. The Hall–Kier alpha value is -0.480. The predicted molar refractivity (Wildman–Crippen MR) is 95.0 cm³/mol. The topological polar surface area (TPSA) is 46.3 Å². The van der Waals surface area contributed by atoms with Crippen LogP contribution in [0.1, 0.15) is 38.2 Å². The number of hydrogen-bond donors (Lipinski definition) is 1. The fourth-order valence-electron chi connectivity index (χ4n) is 2.92. The van der Waals surface area contributed by atoms with E-state index in [1.165, 1.54) is 0 Å². The van der Waals surface area contributed by atoms with Crippen molar-refractivity contribution >= 4 is 41.5 Å². The summed E-state index contributed by atoms with van der Waals surface area (Å²) in [5.41, 5.74) is 6.98. The molecule has 1 saturated heterocycles. The van der Waals surface area contributed by atoms with Crippen LogP contribution in [-0.2, 0) is 11.2 Å². The van der Waals surface area contributed by atoms with Crippen molar-refractivity contribution in [3.8, 4) is 0 Å². The number of halogens is 3. The molecule has 2 N–H and O–H groups in total. The molecule has 3 nitrogen and oxygen atoms in total. The van der Waals surface area contributed by atoms with Crippen molar-refractivity contribution in [1.82, 2.24) is 4.90 Å². The van der Waals surface area contributed by atoms with E-state index >= 15 is 0 Å². The largest absolute Gasteiger partial charge is 0.338 e. The van der Waals surface area contributed by atoms with Crippen LogP contribution in [0, 0.1) is 0 Å². The maximum atomic E-state index is 12.5. The van der Waals surface area contributed by atoms with Gasteiger partial charge in [-0.05, 0) is 50.3 Å². The Balaban J connectivity index is 0.00000242. The quantitative estimate of drug-likeness (QED) is 0.874. The summed E-state index contributed by atoms with van der Waals surface area (Å²) in [6.07, 6.45) is 4.32. The number of rotatable bonds is 4. The molecule has 1 aromatic carbocycles. The molecular formula is C16H23Cl3N2O. The molecule has 2 rings (SSSR count). The highest BCUT2D eigenvalue weighted by molar-refractivity contribution is 6.35. The van der Waals surface area contributed by atoms with Crippen LogP contribution in [0.4, 0.5) is 0 Å². The first-order chi connectivity index (χ1) is 9.99. The summed E-state index contributed by atoms with van der Waals surface area (Å²) in [6.45, 7) is 2.80. The van der Waals surface area contributed by atoms with E-state index in [0.717, 1.165) is 31.4 Å². The van der Waals surface area contributed by atoms with E-state index in [9.17, 15) is 4.79 Å². The number of hydrogen-bond acceptors (Lipinski definition) is 2. The van der Waals surface area contributed by atoms with Crippen molar-refractivity contribution < 1.29 is 4.79 Å². The van der Waals surface area contributed by atoms with Crippen molar-refractivity contribution in [1.29, 1.82) is 0 Å². The van der Waals surface area contributed by atoms with E-state index in [0.29, 0.717) is 22.9 Å². The van der Waals surface area contributed by atoms with E-state index in [1.807, 2.05) is 17.9 Å². The Bertz CT molecular complexity index is 508. The average Bonchev–Trinajstić information content (AvgIpc) is 2.46. The molecule has 0 spiro atoms. The molecule has 1 aliphatic rings. The smallest absolute Gasteiger partial charge is 0.223 e. The molecule has 22 heavy (non-hydrogen) atoms. The van der Waals surface area contributed by atoms with Crippen LogP contribution in [0.5, 0.6) is 0 Å². The molecule has 1 aliphatic heterocycles. The molecule has 1 amide bonds. The molecular weight excluding hydrogens is 343 g/mol. The maximum Gasteiger partial charge on any atom is 0.223 e. The molecule has 0 aliphatic carbocycles. The van der Waals surface area contributed by atoms with E-state index < -0.39 is 0 Å². The maximum absolute atomic E-state index is 12.5. The van der Waals surface area contributed by atoms with Gasteiger partial charge in [-0.15, -0.1) is 12.4 Å². The average molecular weight is 366 g/mol. The lowest BCUT2D eigenvalue weighted by Crippen LogP contribution is -2.51.